The zero-order valence-electron chi connectivity index (χ0n) is 6.88. The van der Waals surface area contributed by atoms with Gasteiger partial charge in [0.25, 0.3) is 0 Å². The number of halogens is 3. The van der Waals surface area contributed by atoms with Gasteiger partial charge in [-0.25, -0.2) is 9.78 Å². The van der Waals surface area contributed by atoms with Gasteiger partial charge in [0.05, 0.1) is 6.42 Å². The quantitative estimate of drug-likeness (QED) is 0.852. The van der Waals surface area contributed by atoms with E-state index in [1.807, 2.05) is 0 Å². The summed E-state index contributed by atoms with van der Waals surface area (Å²) in [6.45, 7) is 0. The summed E-state index contributed by atoms with van der Waals surface area (Å²) in [5.74, 6) is -5.89. The number of pyridine rings is 1. The highest BCUT2D eigenvalue weighted by atomic mass is 79.9. The minimum atomic E-state index is -3.76. The molecular weight excluding hydrogens is 260 g/mol. The minimum absolute atomic E-state index is 0.167. The predicted octanol–water partition coefficient (Wildman–Crippen LogP) is 2.11. The SMILES string of the molecule is O=C(O)C(F)(F)Cc1cccnc1Br. The summed E-state index contributed by atoms with van der Waals surface area (Å²) in [5, 5.41) is 8.21. The number of hydrogen-bond donors (Lipinski definition) is 1. The number of nitrogens with zero attached hydrogens (tertiary/aromatic N) is 1. The number of carbonyl (C=O) groups is 1. The van der Waals surface area contributed by atoms with E-state index in [4.69, 9.17) is 5.11 Å². The first-order valence-electron chi connectivity index (χ1n) is 3.64. The number of hydrogen-bond acceptors (Lipinski definition) is 2. The van der Waals surface area contributed by atoms with Crippen LogP contribution in [-0.2, 0) is 11.2 Å². The molecule has 14 heavy (non-hydrogen) atoms. The van der Waals surface area contributed by atoms with Gasteiger partial charge in [0.2, 0.25) is 0 Å². The zero-order valence-corrected chi connectivity index (χ0v) is 8.46. The standard InChI is InChI=1S/C8H6BrF2NO2/c9-6-5(2-1-3-12-6)4-8(10,11)7(13)14/h1-3H,4H2,(H,13,14). The van der Waals surface area contributed by atoms with Crippen LogP contribution in [0.25, 0.3) is 0 Å². The Balaban J connectivity index is 2.89. The molecule has 0 saturated carbocycles. The highest BCUT2D eigenvalue weighted by Gasteiger charge is 2.39. The van der Waals surface area contributed by atoms with Gasteiger partial charge in [0.15, 0.2) is 0 Å². The molecule has 1 aromatic heterocycles. The molecule has 0 bridgehead atoms. The molecule has 1 aromatic rings. The van der Waals surface area contributed by atoms with Crippen LogP contribution in [0.2, 0.25) is 0 Å². The van der Waals surface area contributed by atoms with Crippen LogP contribution in [0.3, 0.4) is 0 Å². The Labute approximate surface area is 86.9 Å². The second-order valence-electron chi connectivity index (χ2n) is 2.64. The molecule has 0 radical (unpaired) electrons. The average molecular weight is 266 g/mol. The highest BCUT2D eigenvalue weighted by molar-refractivity contribution is 9.10. The van der Waals surface area contributed by atoms with E-state index in [2.05, 4.69) is 20.9 Å². The molecule has 3 nitrogen and oxygen atoms in total. The number of alkyl halides is 2. The Bertz CT molecular complexity index is 357. The Morgan fingerprint density at radius 3 is 2.79 bits per heavy atom. The number of carboxylic acids is 1. The van der Waals surface area contributed by atoms with Gasteiger partial charge >= 0.3 is 11.9 Å². The highest BCUT2D eigenvalue weighted by Crippen LogP contribution is 2.23. The van der Waals surface area contributed by atoms with Crippen molar-refractivity contribution in [2.75, 3.05) is 0 Å². The van der Waals surface area contributed by atoms with Crippen molar-refractivity contribution in [2.24, 2.45) is 0 Å². The molecular formula is C8H6BrF2NO2. The molecule has 0 saturated heterocycles. The molecule has 0 aliphatic carbocycles. The first-order chi connectivity index (χ1) is 6.43. The maximum absolute atomic E-state index is 12.8. The summed E-state index contributed by atoms with van der Waals surface area (Å²) < 4.78 is 25.8. The normalized spacial score (nSPS) is 11.4. The van der Waals surface area contributed by atoms with Gasteiger partial charge in [-0.1, -0.05) is 6.07 Å². The van der Waals surface area contributed by atoms with Crippen LogP contribution in [0.15, 0.2) is 22.9 Å². The van der Waals surface area contributed by atoms with E-state index in [0.717, 1.165) is 0 Å². The fourth-order valence-corrected chi connectivity index (χ4v) is 1.26. The number of aromatic nitrogens is 1. The monoisotopic (exact) mass is 265 g/mol. The predicted molar refractivity (Wildman–Crippen MR) is 48.2 cm³/mol. The van der Waals surface area contributed by atoms with E-state index in [-0.39, 0.29) is 10.2 Å². The first kappa shape index (κ1) is 11.0. The Kier molecular flexibility index (Phi) is 3.15. The third-order valence-electron chi connectivity index (χ3n) is 1.56. The summed E-state index contributed by atoms with van der Waals surface area (Å²) >= 11 is 2.96. The van der Waals surface area contributed by atoms with Crippen LogP contribution in [0.4, 0.5) is 8.78 Å². The van der Waals surface area contributed by atoms with Gasteiger partial charge in [-0.3, -0.25) is 0 Å². The van der Waals surface area contributed by atoms with Crippen LogP contribution in [-0.4, -0.2) is 22.0 Å². The Morgan fingerprint density at radius 2 is 2.29 bits per heavy atom. The van der Waals surface area contributed by atoms with Gasteiger partial charge < -0.3 is 5.11 Å². The zero-order chi connectivity index (χ0) is 10.8. The van der Waals surface area contributed by atoms with Crippen LogP contribution < -0.4 is 0 Å². The lowest BCUT2D eigenvalue weighted by atomic mass is 10.1. The van der Waals surface area contributed by atoms with E-state index >= 15 is 0 Å². The fourth-order valence-electron chi connectivity index (χ4n) is 0.866. The lowest BCUT2D eigenvalue weighted by Gasteiger charge is -2.11. The van der Waals surface area contributed by atoms with Gasteiger partial charge in [-0.2, -0.15) is 8.78 Å². The molecule has 0 aliphatic rings. The summed E-state index contributed by atoms with van der Waals surface area (Å²) in [5.41, 5.74) is 0.167. The second-order valence-corrected chi connectivity index (χ2v) is 3.39. The maximum atomic E-state index is 12.8. The van der Waals surface area contributed by atoms with Crippen molar-refractivity contribution < 1.29 is 18.7 Å². The average Bonchev–Trinajstić information content (AvgIpc) is 2.08. The van der Waals surface area contributed by atoms with E-state index in [1.54, 1.807) is 0 Å². The van der Waals surface area contributed by atoms with Crippen molar-refractivity contribution in [1.29, 1.82) is 0 Å². The lowest BCUT2D eigenvalue weighted by Crippen LogP contribution is -2.30. The molecule has 0 amide bonds. The van der Waals surface area contributed by atoms with Crippen LogP contribution in [0.5, 0.6) is 0 Å². The largest absolute Gasteiger partial charge is 0.477 e. The van der Waals surface area contributed by atoms with Crippen LogP contribution >= 0.6 is 15.9 Å². The molecule has 0 atom stereocenters. The van der Waals surface area contributed by atoms with Crippen molar-refractivity contribution in [3.05, 3.63) is 28.5 Å². The molecule has 1 N–H and O–H groups in total. The van der Waals surface area contributed by atoms with Crippen molar-refractivity contribution in [3.63, 3.8) is 0 Å². The third-order valence-corrected chi connectivity index (χ3v) is 2.28. The van der Waals surface area contributed by atoms with E-state index < -0.39 is 18.3 Å². The smallest absolute Gasteiger partial charge is 0.374 e. The lowest BCUT2D eigenvalue weighted by molar-refractivity contribution is -0.164. The molecule has 0 aliphatic heterocycles. The van der Waals surface area contributed by atoms with Crippen molar-refractivity contribution >= 4 is 21.9 Å². The molecule has 0 unspecified atom stereocenters. The molecule has 76 valence electrons. The summed E-state index contributed by atoms with van der Waals surface area (Å²) in [6.07, 6.45) is 0.559. The molecule has 0 spiro atoms. The molecule has 0 aromatic carbocycles. The first-order valence-corrected chi connectivity index (χ1v) is 4.43. The number of rotatable bonds is 3. The molecule has 6 heteroatoms. The topological polar surface area (TPSA) is 50.2 Å². The van der Waals surface area contributed by atoms with Gasteiger partial charge in [-0.05, 0) is 27.6 Å². The third kappa shape index (κ3) is 2.47. The Morgan fingerprint density at radius 1 is 1.64 bits per heavy atom. The minimum Gasteiger partial charge on any atom is -0.477 e. The summed E-state index contributed by atoms with van der Waals surface area (Å²) in [4.78, 5) is 13.9. The summed E-state index contributed by atoms with van der Waals surface area (Å²) in [7, 11) is 0. The van der Waals surface area contributed by atoms with Crippen molar-refractivity contribution in [2.45, 2.75) is 12.3 Å². The molecule has 0 fully saturated rings. The Hall–Kier alpha value is -1.04. The second kappa shape index (κ2) is 4.00. The van der Waals surface area contributed by atoms with Crippen LogP contribution in [0.1, 0.15) is 5.56 Å². The summed E-state index contributed by atoms with van der Waals surface area (Å²) in [6, 6.07) is 2.87. The van der Waals surface area contributed by atoms with E-state index in [9.17, 15) is 13.6 Å². The maximum Gasteiger partial charge on any atom is 0.374 e. The van der Waals surface area contributed by atoms with Gasteiger partial charge in [0, 0.05) is 6.20 Å². The number of carboxylic acid groups (broad SMARTS) is 1. The van der Waals surface area contributed by atoms with Gasteiger partial charge in [0.1, 0.15) is 4.60 Å². The number of aliphatic carboxylic acids is 1. The molecule has 1 rings (SSSR count). The van der Waals surface area contributed by atoms with Crippen molar-refractivity contribution in [3.8, 4) is 0 Å². The van der Waals surface area contributed by atoms with Gasteiger partial charge in [-0.15, -0.1) is 0 Å². The van der Waals surface area contributed by atoms with Crippen molar-refractivity contribution in [1.82, 2.24) is 4.98 Å². The van der Waals surface area contributed by atoms with E-state index in [1.165, 1.54) is 18.3 Å². The molecule has 1 heterocycles. The fraction of sp³-hybridized carbons (Fsp3) is 0.250. The van der Waals surface area contributed by atoms with E-state index in [0.29, 0.717) is 0 Å². The van der Waals surface area contributed by atoms with Crippen LogP contribution in [0, 0.1) is 0 Å².